The van der Waals surface area contributed by atoms with Gasteiger partial charge in [-0.3, -0.25) is 4.79 Å². The molecule has 1 amide bonds. The van der Waals surface area contributed by atoms with Crippen molar-refractivity contribution in [2.75, 3.05) is 54.8 Å². The van der Waals surface area contributed by atoms with E-state index in [1.165, 1.54) is 5.69 Å². The molecule has 3 N–H and O–H groups in total. The number of piperazine rings is 1. The smallest absolute Gasteiger partial charge is 0.236 e. The minimum atomic E-state index is -0.590. The maximum atomic E-state index is 15.9. The van der Waals surface area contributed by atoms with Gasteiger partial charge in [-0.25, -0.2) is 14.5 Å². The van der Waals surface area contributed by atoms with Crippen LogP contribution < -0.4 is 20.9 Å². The summed E-state index contributed by atoms with van der Waals surface area (Å²) in [5.41, 5.74) is 3.65. The maximum absolute atomic E-state index is 15.9. The fourth-order valence-corrected chi connectivity index (χ4v) is 5.51. The Morgan fingerprint density at radius 3 is 2.71 bits per heavy atom. The molecule has 216 valence electrons. The minimum absolute atomic E-state index is 0.0615. The highest BCUT2D eigenvalue weighted by molar-refractivity contribution is 5.79. The van der Waals surface area contributed by atoms with Crippen LogP contribution >= 0.6 is 0 Å². The lowest BCUT2D eigenvalue weighted by atomic mass is 10.1. The number of nitriles is 1. The fraction of sp³-hybridized carbons (Fsp3) is 0.367. The molecule has 4 aromatic rings. The second-order valence-electron chi connectivity index (χ2n) is 10.6. The largest absolute Gasteiger partial charge is 0.369 e. The molecule has 0 aliphatic carbocycles. The third kappa shape index (κ3) is 5.96. The molecule has 5 heterocycles. The Morgan fingerprint density at radius 1 is 1.10 bits per heavy atom. The number of hydrogen-bond acceptors (Lipinski definition) is 9. The summed E-state index contributed by atoms with van der Waals surface area (Å²) >= 11 is 0. The number of carbonyl (C=O) groups is 1. The molecule has 11 nitrogen and oxygen atoms in total. The number of piperidine rings is 1. The van der Waals surface area contributed by atoms with Crippen molar-refractivity contribution in [3.8, 4) is 17.5 Å². The summed E-state index contributed by atoms with van der Waals surface area (Å²) in [5, 5.41) is 23.1. The number of likely N-dealkylation sites (tertiary alicyclic amines) is 1. The highest BCUT2D eigenvalue weighted by Gasteiger charge is 2.26. The van der Waals surface area contributed by atoms with Crippen molar-refractivity contribution in [1.29, 1.82) is 5.26 Å². The number of amides is 1. The molecule has 1 atom stereocenters. The van der Waals surface area contributed by atoms with E-state index in [0.717, 1.165) is 50.1 Å². The van der Waals surface area contributed by atoms with E-state index in [9.17, 15) is 4.79 Å². The quantitative estimate of drug-likeness (QED) is 0.294. The van der Waals surface area contributed by atoms with Crippen LogP contribution in [0.1, 0.15) is 24.8 Å². The van der Waals surface area contributed by atoms with Gasteiger partial charge in [0.05, 0.1) is 23.3 Å². The number of halogens is 1. The van der Waals surface area contributed by atoms with Gasteiger partial charge in [0.25, 0.3) is 0 Å². The summed E-state index contributed by atoms with van der Waals surface area (Å²) < 4.78 is 17.7. The predicted octanol–water partition coefficient (Wildman–Crippen LogP) is 3.27. The Labute approximate surface area is 243 Å². The van der Waals surface area contributed by atoms with Gasteiger partial charge in [-0.2, -0.15) is 14.8 Å². The van der Waals surface area contributed by atoms with Crippen molar-refractivity contribution in [3.63, 3.8) is 0 Å². The van der Waals surface area contributed by atoms with Crippen molar-refractivity contribution < 1.29 is 9.18 Å². The van der Waals surface area contributed by atoms with Gasteiger partial charge >= 0.3 is 0 Å². The summed E-state index contributed by atoms with van der Waals surface area (Å²) in [7, 11) is 0. The van der Waals surface area contributed by atoms with Gasteiger partial charge in [-0.1, -0.05) is 18.2 Å². The van der Waals surface area contributed by atoms with Gasteiger partial charge in [-0.05, 0) is 42.7 Å². The number of hydrogen-bond donors (Lipinski definition) is 3. The van der Waals surface area contributed by atoms with Crippen molar-refractivity contribution in [2.45, 2.75) is 31.8 Å². The SMILES string of the molecule is N#CCC(=O)N1CCC[C@@H](Nc2nc(-c3cnn4ccccc34)nc(NCc3ccc(N4CCNCC4)cc3)c2F)C1. The molecular formula is C30H33FN10O. The molecule has 2 aliphatic heterocycles. The molecule has 0 unspecified atom stereocenters. The Hall–Kier alpha value is -4.76. The second kappa shape index (κ2) is 12.4. The average Bonchev–Trinajstić information content (AvgIpc) is 3.47. The zero-order valence-electron chi connectivity index (χ0n) is 23.3. The number of nitrogens with one attached hydrogen (secondary N) is 3. The predicted molar refractivity (Wildman–Crippen MR) is 158 cm³/mol. The van der Waals surface area contributed by atoms with Crippen LogP contribution in [0.3, 0.4) is 0 Å². The van der Waals surface area contributed by atoms with Crippen molar-refractivity contribution in [3.05, 3.63) is 66.2 Å². The van der Waals surface area contributed by atoms with E-state index >= 15 is 4.39 Å². The van der Waals surface area contributed by atoms with Crippen LogP contribution in [0.5, 0.6) is 0 Å². The van der Waals surface area contributed by atoms with Gasteiger partial charge in [0, 0.05) is 63.7 Å². The molecule has 3 aromatic heterocycles. The first-order chi connectivity index (χ1) is 20.6. The Balaban J connectivity index is 1.26. The number of aromatic nitrogens is 4. The van der Waals surface area contributed by atoms with Gasteiger partial charge < -0.3 is 25.8 Å². The van der Waals surface area contributed by atoms with E-state index < -0.39 is 5.82 Å². The summed E-state index contributed by atoms with van der Waals surface area (Å²) in [6.07, 6.45) is 4.83. The molecule has 0 spiro atoms. The van der Waals surface area contributed by atoms with Crippen molar-refractivity contribution in [1.82, 2.24) is 29.8 Å². The third-order valence-corrected chi connectivity index (χ3v) is 7.74. The molecule has 0 radical (unpaired) electrons. The first kappa shape index (κ1) is 27.4. The van der Waals surface area contributed by atoms with E-state index in [-0.39, 0.29) is 30.0 Å². The number of pyridine rings is 1. The molecule has 2 fully saturated rings. The van der Waals surface area contributed by atoms with E-state index in [4.69, 9.17) is 5.26 Å². The van der Waals surface area contributed by atoms with Crippen LogP contribution in [-0.2, 0) is 11.3 Å². The zero-order valence-corrected chi connectivity index (χ0v) is 23.3. The van der Waals surface area contributed by atoms with Crippen LogP contribution in [0, 0.1) is 17.1 Å². The average molecular weight is 569 g/mol. The number of fused-ring (bicyclic) bond motifs is 1. The number of benzene rings is 1. The first-order valence-corrected chi connectivity index (χ1v) is 14.3. The first-order valence-electron chi connectivity index (χ1n) is 14.3. The Bertz CT molecular complexity index is 1590. The lowest BCUT2D eigenvalue weighted by Crippen LogP contribution is -2.45. The van der Waals surface area contributed by atoms with Gasteiger partial charge in [0.1, 0.15) is 6.42 Å². The number of rotatable bonds is 8. The van der Waals surface area contributed by atoms with E-state index in [0.29, 0.717) is 31.0 Å². The van der Waals surface area contributed by atoms with Gasteiger partial charge in [0.2, 0.25) is 11.7 Å². The highest BCUT2D eigenvalue weighted by atomic mass is 19.1. The Kier molecular flexibility index (Phi) is 8.09. The standard InChI is InChI=1S/C30H33FN10O/c31-27-29(34-18-21-6-8-23(9-7-21)39-16-12-33-13-17-39)37-28(24-19-35-41-15-2-1-5-25(24)41)38-30(27)36-22-4-3-14-40(20-22)26(42)10-11-32/h1-2,5-9,15,19,22,33H,3-4,10,12-14,16-18,20H2,(H2,34,36,37,38)/t22-/m1/s1. The molecule has 1 aromatic carbocycles. The normalized spacial score (nSPS) is 17.2. The molecule has 12 heteroatoms. The summed E-state index contributed by atoms with van der Waals surface area (Å²) in [6, 6.07) is 15.7. The van der Waals surface area contributed by atoms with Crippen molar-refractivity contribution >= 4 is 28.7 Å². The number of anilines is 3. The molecule has 0 saturated carbocycles. The lowest BCUT2D eigenvalue weighted by Gasteiger charge is -2.33. The monoisotopic (exact) mass is 568 g/mol. The molecule has 0 bridgehead atoms. The van der Waals surface area contributed by atoms with E-state index in [1.54, 1.807) is 15.6 Å². The minimum Gasteiger partial charge on any atom is -0.369 e. The fourth-order valence-electron chi connectivity index (χ4n) is 5.51. The summed E-state index contributed by atoms with van der Waals surface area (Å²) in [6.45, 7) is 5.21. The Morgan fingerprint density at radius 2 is 1.90 bits per heavy atom. The summed E-state index contributed by atoms with van der Waals surface area (Å²) in [5.74, 6) is -0.328. The van der Waals surface area contributed by atoms with Crippen LogP contribution in [0.2, 0.25) is 0 Å². The van der Waals surface area contributed by atoms with Crippen molar-refractivity contribution in [2.24, 2.45) is 0 Å². The molecule has 2 saturated heterocycles. The molecule has 42 heavy (non-hydrogen) atoms. The molecule has 6 rings (SSSR count). The number of nitrogens with zero attached hydrogens (tertiary/aromatic N) is 7. The highest BCUT2D eigenvalue weighted by Crippen LogP contribution is 2.29. The maximum Gasteiger partial charge on any atom is 0.236 e. The number of carbonyl (C=O) groups excluding carboxylic acids is 1. The van der Waals surface area contributed by atoms with Crippen LogP contribution in [-0.4, -0.2) is 75.7 Å². The van der Waals surface area contributed by atoms with Gasteiger partial charge in [0.15, 0.2) is 17.5 Å². The lowest BCUT2D eigenvalue weighted by molar-refractivity contribution is -0.131. The topological polar surface area (TPSA) is 127 Å². The van der Waals surface area contributed by atoms with Gasteiger partial charge in [-0.15, -0.1) is 0 Å². The third-order valence-electron chi connectivity index (χ3n) is 7.74. The zero-order chi connectivity index (χ0) is 28.9. The summed E-state index contributed by atoms with van der Waals surface area (Å²) in [4.78, 5) is 25.5. The van der Waals surface area contributed by atoms with Crippen LogP contribution in [0.4, 0.5) is 21.7 Å². The molecule has 2 aliphatic rings. The van der Waals surface area contributed by atoms with E-state index in [2.05, 4.69) is 48.0 Å². The van der Waals surface area contributed by atoms with Crippen LogP contribution in [0.15, 0.2) is 54.9 Å². The van der Waals surface area contributed by atoms with Crippen LogP contribution in [0.25, 0.3) is 16.9 Å². The second-order valence-corrected chi connectivity index (χ2v) is 10.6. The molecular weight excluding hydrogens is 535 g/mol. The van der Waals surface area contributed by atoms with E-state index in [1.807, 2.05) is 42.6 Å².